The number of rotatable bonds is 9. The summed E-state index contributed by atoms with van der Waals surface area (Å²) in [4.78, 5) is 0. The van der Waals surface area contributed by atoms with Gasteiger partial charge in [-0.3, -0.25) is 0 Å². The minimum absolute atomic E-state index is 0.213. The molecule has 0 fully saturated rings. The van der Waals surface area contributed by atoms with Crippen LogP contribution in [-0.4, -0.2) is 14.8 Å². The molecule has 1 atom stereocenters. The van der Waals surface area contributed by atoms with E-state index in [1.807, 2.05) is 37.3 Å². The van der Waals surface area contributed by atoms with Crippen molar-refractivity contribution in [2.45, 2.75) is 64.1 Å². The van der Waals surface area contributed by atoms with Crippen molar-refractivity contribution >= 4 is 35.0 Å². The van der Waals surface area contributed by atoms with Crippen molar-refractivity contribution in [3.05, 3.63) is 69.5 Å². The third kappa shape index (κ3) is 6.41. The van der Waals surface area contributed by atoms with Crippen LogP contribution < -0.4 is 4.74 Å². The Labute approximate surface area is 199 Å². The molecule has 0 saturated carbocycles. The Hall–Kier alpha value is -1.69. The average Bonchev–Trinajstić information content (AvgIpc) is 3.11. The Morgan fingerprint density at radius 3 is 2.26 bits per heavy atom. The number of ether oxygens (including phenoxy) is 1. The van der Waals surface area contributed by atoms with Gasteiger partial charge in [0, 0.05) is 12.3 Å². The standard InChI is InChI=1S/C24H29Cl2N3OS/c1-15(2)13-29-23(17(5)30-20-9-7-19(8-10-20)16(3)4)27-28-24(29)31-14-18-6-11-21(25)22(26)12-18/h6-12,15-17H,13-14H2,1-5H3. The third-order valence-corrected chi connectivity index (χ3v) is 6.65. The van der Waals surface area contributed by atoms with E-state index >= 15 is 0 Å². The van der Waals surface area contributed by atoms with Gasteiger partial charge in [-0.2, -0.15) is 0 Å². The molecule has 7 heteroatoms. The number of thioether (sulfide) groups is 1. The van der Waals surface area contributed by atoms with Gasteiger partial charge in [0.15, 0.2) is 17.1 Å². The highest BCUT2D eigenvalue weighted by atomic mass is 35.5. The molecule has 31 heavy (non-hydrogen) atoms. The highest BCUT2D eigenvalue weighted by Gasteiger charge is 2.20. The fourth-order valence-electron chi connectivity index (χ4n) is 3.21. The van der Waals surface area contributed by atoms with Gasteiger partial charge in [0.25, 0.3) is 0 Å². The number of hydrogen-bond donors (Lipinski definition) is 0. The molecule has 3 rings (SSSR count). The summed E-state index contributed by atoms with van der Waals surface area (Å²) in [5.41, 5.74) is 2.39. The molecular formula is C24H29Cl2N3OS. The Morgan fingerprint density at radius 2 is 1.65 bits per heavy atom. The molecule has 0 saturated heterocycles. The summed E-state index contributed by atoms with van der Waals surface area (Å²) < 4.78 is 8.36. The molecule has 3 aromatic rings. The number of hydrogen-bond acceptors (Lipinski definition) is 4. The molecule has 0 aliphatic heterocycles. The maximum absolute atomic E-state index is 6.20. The van der Waals surface area contributed by atoms with Crippen molar-refractivity contribution in [2.24, 2.45) is 5.92 Å². The molecule has 0 aliphatic rings. The van der Waals surface area contributed by atoms with Crippen LogP contribution in [0.2, 0.25) is 10.0 Å². The molecule has 1 heterocycles. The van der Waals surface area contributed by atoms with Crippen LogP contribution >= 0.6 is 35.0 Å². The van der Waals surface area contributed by atoms with Gasteiger partial charge in [-0.15, -0.1) is 10.2 Å². The van der Waals surface area contributed by atoms with Gasteiger partial charge in [-0.1, -0.05) is 80.9 Å². The van der Waals surface area contributed by atoms with Crippen LogP contribution in [0.15, 0.2) is 47.6 Å². The van der Waals surface area contributed by atoms with Crippen LogP contribution in [0.1, 0.15) is 63.6 Å². The molecule has 166 valence electrons. The first-order chi connectivity index (χ1) is 14.7. The quantitative estimate of drug-likeness (QED) is 0.294. The van der Waals surface area contributed by atoms with Gasteiger partial charge in [0.2, 0.25) is 0 Å². The van der Waals surface area contributed by atoms with Gasteiger partial charge in [0.05, 0.1) is 10.0 Å². The Balaban J connectivity index is 1.76. The second-order valence-electron chi connectivity index (χ2n) is 8.37. The molecular weight excluding hydrogens is 449 g/mol. The van der Waals surface area contributed by atoms with Gasteiger partial charge in [-0.05, 0) is 54.2 Å². The van der Waals surface area contributed by atoms with E-state index in [1.165, 1.54) is 5.56 Å². The molecule has 2 aromatic carbocycles. The zero-order valence-corrected chi connectivity index (χ0v) is 20.9. The lowest BCUT2D eigenvalue weighted by Gasteiger charge is -2.18. The normalized spacial score (nSPS) is 12.5. The minimum atomic E-state index is -0.213. The van der Waals surface area contributed by atoms with E-state index in [1.54, 1.807) is 11.8 Å². The lowest BCUT2D eigenvalue weighted by Crippen LogP contribution is -2.15. The Morgan fingerprint density at radius 1 is 0.935 bits per heavy atom. The predicted octanol–water partition coefficient (Wildman–Crippen LogP) is 7.80. The van der Waals surface area contributed by atoms with Gasteiger partial charge < -0.3 is 9.30 Å². The van der Waals surface area contributed by atoms with Gasteiger partial charge in [0.1, 0.15) is 5.75 Å². The number of benzene rings is 2. The minimum Gasteiger partial charge on any atom is -0.483 e. The molecule has 1 aromatic heterocycles. The first-order valence-electron chi connectivity index (χ1n) is 10.5. The van der Waals surface area contributed by atoms with Crippen molar-refractivity contribution in [2.75, 3.05) is 0 Å². The second kappa shape index (κ2) is 10.8. The van der Waals surface area contributed by atoms with E-state index in [9.17, 15) is 0 Å². The Kier molecular flexibility index (Phi) is 8.31. The summed E-state index contributed by atoms with van der Waals surface area (Å²) in [6.07, 6.45) is -0.213. The van der Waals surface area contributed by atoms with Crippen LogP contribution in [0.3, 0.4) is 0 Å². The molecule has 1 unspecified atom stereocenters. The van der Waals surface area contributed by atoms with Crippen LogP contribution in [0.25, 0.3) is 0 Å². The van der Waals surface area contributed by atoms with E-state index < -0.39 is 0 Å². The summed E-state index contributed by atoms with van der Waals surface area (Å²) in [5, 5.41) is 10.9. The van der Waals surface area contributed by atoms with Gasteiger partial charge in [-0.25, -0.2) is 0 Å². The Bertz CT molecular complexity index is 1000. The maximum atomic E-state index is 6.20. The fraction of sp³-hybridized carbons (Fsp3) is 0.417. The molecule has 0 aliphatic carbocycles. The molecule has 0 N–H and O–H groups in total. The highest BCUT2D eigenvalue weighted by molar-refractivity contribution is 7.98. The SMILES string of the molecule is CC(C)Cn1c(SCc2ccc(Cl)c(Cl)c2)nnc1C(C)Oc1ccc(C(C)C)cc1. The van der Waals surface area contributed by atoms with E-state index in [0.717, 1.165) is 34.6 Å². The van der Waals surface area contributed by atoms with Crippen molar-refractivity contribution in [1.82, 2.24) is 14.8 Å². The first kappa shape index (κ1) is 24.0. The molecule has 0 radical (unpaired) electrons. The zero-order valence-electron chi connectivity index (χ0n) is 18.6. The third-order valence-electron chi connectivity index (χ3n) is 4.87. The number of aromatic nitrogens is 3. The van der Waals surface area contributed by atoms with Crippen LogP contribution in [-0.2, 0) is 12.3 Å². The van der Waals surface area contributed by atoms with Crippen molar-refractivity contribution in [3.8, 4) is 5.75 Å². The maximum Gasteiger partial charge on any atom is 0.191 e. The highest BCUT2D eigenvalue weighted by Crippen LogP contribution is 2.30. The van der Waals surface area contributed by atoms with E-state index in [-0.39, 0.29) is 6.10 Å². The lowest BCUT2D eigenvalue weighted by atomic mass is 10.0. The lowest BCUT2D eigenvalue weighted by molar-refractivity contribution is 0.207. The smallest absolute Gasteiger partial charge is 0.191 e. The predicted molar refractivity (Wildman–Crippen MR) is 130 cm³/mol. The van der Waals surface area contributed by atoms with Gasteiger partial charge >= 0.3 is 0 Å². The van der Waals surface area contributed by atoms with Crippen molar-refractivity contribution < 1.29 is 4.74 Å². The van der Waals surface area contributed by atoms with Crippen LogP contribution in [0, 0.1) is 5.92 Å². The summed E-state index contributed by atoms with van der Waals surface area (Å²) >= 11 is 13.8. The summed E-state index contributed by atoms with van der Waals surface area (Å²) in [5.74, 6) is 3.35. The molecule has 4 nitrogen and oxygen atoms in total. The zero-order chi connectivity index (χ0) is 22.5. The van der Waals surface area contributed by atoms with Crippen molar-refractivity contribution in [1.29, 1.82) is 0 Å². The number of nitrogens with zero attached hydrogens (tertiary/aromatic N) is 3. The second-order valence-corrected chi connectivity index (χ2v) is 10.1. The van der Waals surface area contributed by atoms with E-state index in [2.05, 4.69) is 54.6 Å². The largest absolute Gasteiger partial charge is 0.483 e. The average molecular weight is 478 g/mol. The number of halogens is 2. The topological polar surface area (TPSA) is 39.9 Å². The monoisotopic (exact) mass is 477 g/mol. The molecule has 0 bridgehead atoms. The van der Waals surface area contributed by atoms with Crippen LogP contribution in [0.4, 0.5) is 0 Å². The van der Waals surface area contributed by atoms with E-state index in [4.69, 9.17) is 27.9 Å². The summed E-state index contributed by atoms with van der Waals surface area (Å²) in [7, 11) is 0. The summed E-state index contributed by atoms with van der Waals surface area (Å²) in [6, 6.07) is 14.0. The molecule has 0 amide bonds. The first-order valence-corrected chi connectivity index (χ1v) is 12.2. The fourth-order valence-corrected chi connectivity index (χ4v) is 4.43. The molecule has 0 spiro atoms. The van der Waals surface area contributed by atoms with Crippen molar-refractivity contribution in [3.63, 3.8) is 0 Å². The van der Waals surface area contributed by atoms with E-state index in [0.29, 0.717) is 21.9 Å². The summed E-state index contributed by atoms with van der Waals surface area (Å²) in [6.45, 7) is 11.6. The van der Waals surface area contributed by atoms with Crippen LogP contribution in [0.5, 0.6) is 5.75 Å².